The van der Waals surface area contributed by atoms with Gasteiger partial charge in [0.15, 0.2) is 0 Å². The SMILES string of the molecule is C=CCN=Cc1cn(-c2ccccc2)nc1-c1ccc([N+](=O)[O-])cc1. The van der Waals surface area contributed by atoms with E-state index in [1.165, 1.54) is 12.1 Å². The van der Waals surface area contributed by atoms with E-state index in [9.17, 15) is 10.1 Å². The van der Waals surface area contributed by atoms with E-state index in [1.54, 1.807) is 29.1 Å². The zero-order valence-corrected chi connectivity index (χ0v) is 13.4. The third-order valence-electron chi connectivity index (χ3n) is 3.58. The van der Waals surface area contributed by atoms with Crippen LogP contribution in [0.3, 0.4) is 0 Å². The minimum Gasteiger partial charge on any atom is -0.288 e. The van der Waals surface area contributed by atoms with E-state index in [2.05, 4.69) is 16.7 Å². The summed E-state index contributed by atoms with van der Waals surface area (Å²) in [7, 11) is 0. The molecule has 0 spiro atoms. The summed E-state index contributed by atoms with van der Waals surface area (Å²) < 4.78 is 1.77. The van der Waals surface area contributed by atoms with Crippen LogP contribution in [0.2, 0.25) is 0 Å². The van der Waals surface area contributed by atoms with E-state index in [0.717, 1.165) is 16.8 Å². The normalized spacial score (nSPS) is 10.9. The standard InChI is InChI=1S/C19H16N4O2/c1-2-12-20-13-16-14-22(17-6-4-3-5-7-17)21-19(16)15-8-10-18(11-9-15)23(24)25/h2-11,13-14H,1,12H2. The molecule has 3 rings (SSSR count). The van der Waals surface area contributed by atoms with Gasteiger partial charge in [0.1, 0.15) is 5.69 Å². The van der Waals surface area contributed by atoms with Crippen LogP contribution in [0.5, 0.6) is 0 Å². The molecule has 0 amide bonds. The fourth-order valence-electron chi connectivity index (χ4n) is 2.39. The summed E-state index contributed by atoms with van der Waals surface area (Å²) in [6.07, 6.45) is 5.34. The zero-order valence-electron chi connectivity index (χ0n) is 13.4. The van der Waals surface area contributed by atoms with E-state index in [1.807, 2.05) is 36.5 Å². The number of non-ortho nitro benzene ring substituents is 1. The Balaban J connectivity index is 2.05. The first-order valence-electron chi connectivity index (χ1n) is 7.69. The van der Waals surface area contributed by atoms with Gasteiger partial charge in [0, 0.05) is 35.7 Å². The number of aromatic nitrogens is 2. The van der Waals surface area contributed by atoms with Gasteiger partial charge in [-0.1, -0.05) is 24.3 Å². The second-order valence-electron chi connectivity index (χ2n) is 5.30. The molecule has 0 N–H and O–H groups in total. The van der Waals surface area contributed by atoms with Crippen LogP contribution in [0.4, 0.5) is 5.69 Å². The maximum absolute atomic E-state index is 10.8. The summed E-state index contributed by atoms with van der Waals surface area (Å²) in [4.78, 5) is 14.7. The highest BCUT2D eigenvalue weighted by molar-refractivity contribution is 5.89. The highest BCUT2D eigenvalue weighted by Gasteiger charge is 2.12. The number of nitro benzene ring substituents is 1. The Morgan fingerprint density at radius 3 is 2.52 bits per heavy atom. The quantitative estimate of drug-likeness (QED) is 0.296. The van der Waals surface area contributed by atoms with Crippen molar-refractivity contribution in [2.45, 2.75) is 0 Å². The minimum atomic E-state index is -0.418. The molecule has 0 aliphatic carbocycles. The van der Waals surface area contributed by atoms with Crippen LogP contribution in [-0.4, -0.2) is 27.5 Å². The van der Waals surface area contributed by atoms with Gasteiger partial charge in [0.25, 0.3) is 5.69 Å². The predicted octanol–water partition coefficient (Wildman–Crippen LogP) is 4.05. The molecule has 0 bridgehead atoms. The number of hydrogen-bond donors (Lipinski definition) is 0. The molecular weight excluding hydrogens is 316 g/mol. The Bertz CT molecular complexity index is 912. The first kappa shape index (κ1) is 16.3. The van der Waals surface area contributed by atoms with Gasteiger partial charge in [-0.15, -0.1) is 6.58 Å². The Morgan fingerprint density at radius 1 is 1.16 bits per heavy atom. The van der Waals surface area contributed by atoms with Crippen LogP contribution in [0.1, 0.15) is 5.56 Å². The molecule has 0 saturated heterocycles. The minimum absolute atomic E-state index is 0.0492. The molecule has 2 aromatic carbocycles. The number of hydrogen-bond acceptors (Lipinski definition) is 4. The van der Waals surface area contributed by atoms with Crippen LogP contribution >= 0.6 is 0 Å². The molecule has 0 unspecified atom stereocenters. The van der Waals surface area contributed by atoms with Gasteiger partial charge in [-0.05, 0) is 24.3 Å². The number of para-hydroxylation sites is 1. The highest BCUT2D eigenvalue weighted by atomic mass is 16.6. The molecule has 0 atom stereocenters. The molecule has 0 aliphatic heterocycles. The summed E-state index contributed by atoms with van der Waals surface area (Å²) in [6, 6.07) is 16.1. The predicted molar refractivity (Wildman–Crippen MR) is 98.3 cm³/mol. The Kier molecular flexibility index (Phi) is 4.80. The average Bonchev–Trinajstić information content (AvgIpc) is 3.07. The lowest BCUT2D eigenvalue weighted by Gasteiger charge is -2.00. The topological polar surface area (TPSA) is 73.3 Å². The van der Waals surface area contributed by atoms with Crippen molar-refractivity contribution in [1.82, 2.24) is 9.78 Å². The molecule has 0 saturated carbocycles. The third kappa shape index (κ3) is 3.69. The van der Waals surface area contributed by atoms with Gasteiger partial charge < -0.3 is 0 Å². The van der Waals surface area contributed by atoms with Crippen molar-refractivity contribution < 1.29 is 4.92 Å². The molecule has 0 radical (unpaired) electrons. The molecule has 0 aliphatic rings. The molecule has 0 fully saturated rings. The number of rotatable bonds is 6. The van der Waals surface area contributed by atoms with E-state index in [0.29, 0.717) is 12.2 Å². The lowest BCUT2D eigenvalue weighted by molar-refractivity contribution is -0.384. The van der Waals surface area contributed by atoms with Crippen LogP contribution < -0.4 is 0 Å². The largest absolute Gasteiger partial charge is 0.288 e. The summed E-state index contributed by atoms with van der Waals surface area (Å²) in [5, 5.41) is 15.5. The van der Waals surface area contributed by atoms with Gasteiger partial charge in [0.05, 0.1) is 17.2 Å². The van der Waals surface area contributed by atoms with Crippen LogP contribution in [0, 0.1) is 10.1 Å². The molecule has 3 aromatic rings. The van der Waals surface area contributed by atoms with Crippen molar-refractivity contribution in [3.05, 3.63) is 89.1 Å². The molecule has 1 heterocycles. The maximum Gasteiger partial charge on any atom is 0.269 e. The number of nitrogens with zero attached hydrogens (tertiary/aromatic N) is 4. The van der Waals surface area contributed by atoms with E-state index in [-0.39, 0.29) is 5.69 Å². The van der Waals surface area contributed by atoms with E-state index in [4.69, 9.17) is 0 Å². The van der Waals surface area contributed by atoms with Gasteiger partial charge >= 0.3 is 0 Å². The van der Waals surface area contributed by atoms with Gasteiger partial charge in [-0.25, -0.2) is 4.68 Å². The summed E-state index contributed by atoms with van der Waals surface area (Å²) in [5.41, 5.74) is 3.31. The Morgan fingerprint density at radius 2 is 1.88 bits per heavy atom. The average molecular weight is 332 g/mol. The highest BCUT2D eigenvalue weighted by Crippen LogP contribution is 2.25. The van der Waals surface area contributed by atoms with Gasteiger partial charge in [-0.3, -0.25) is 15.1 Å². The number of nitro groups is 1. The summed E-state index contributed by atoms with van der Waals surface area (Å²) in [5.74, 6) is 0. The van der Waals surface area contributed by atoms with E-state index >= 15 is 0 Å². The maximum atomic E-state index is 10.8. The van der Waals surface area contributed by atoms with Crippen LogP contribution in [0.25, 0.3) is 16.9 Å². The molecule has 6 heteroatoms. The second-order valence-corrected chi connectivity index (χ2v) is 5.30. The Hall–Kier alpha value is -3.54. The summed E-state index contributed by atoms with van der Waals surface area (Å²) >= 11 is 0. The van der Waals surface area contributed by atoms with Crippen molar-refractivity contribution in [3.63, 3.8) is 0 Å². The van der Waals surface area contributed by atoms with Crippen LogP contribution in [-0.2, 0) is 0 Å². The van der Waals surface area contributed by atoms with Crippen molar-refractivity contribution in [2.24, 2.45) is 4.99 Å². The van der Waals surface area contributed by atoms with Crippen molar-refractivity contribution in [2.75, 3.05) is 6.54 Å². The molecular formula is C19H16N4O2. The fraction of sp³-hybridized carbons (Fsp3) is 0.0526. The van der Waals surface area contributed by atoms with Gasteiger partial charge in [-0.2, -0.15) is 5.10 Å². The smallest absolute Gasteiger partial charge is 0.269 e. The van der Waals surface area contributed by atoms with Gasteiger partial charge in [0.2, 0.25) is 0 Å². The van der Waals surface area contributed by atoms with Crippen molar-refractivity contribution in [1.29, 1.82) is 0 Å². The Labute approximate surface area is 144 Å². The van der Waals surface area contributed by atoms with Crippen molar-refractivity contribution in [3.8, 4) is 16.9 Å². The number of aliphatic imine (C=N–C) groups is 1. The first-order valence-corrected chi connectivity index (χ1v) is 7.69. The molecule has 6 nitrogen and oxygen atoms in total. The zero-order chi connectivity index (χ0) is 17.6. The van der Waals surface area contributed by atoms with Crippen molar-refractivity contribution >= 4 is 11.9 Å². The van der Waals surface area contributed by atoms with Crippen LogP contribution in [0.15, 0.2) is 78.4 Å². The monoisotopic (exact) mass is 332 g/mol. The molecule has 124 valence electrons. The number of benzene rings is 2. The third-order valence-corrected chi connectivity index (χ3v) is 3.58. The summed E-state index contributed by atoms with van der Waals surface area (Å²) in [6.45, 7) is 4.16. The second kappa shape index (κ2) is 7.35. The lowest BCUT2D eigenvalue weighted by Crippen LogP contribution is -1.94. The molecule has 25 heavy (non-hydrogen) atoms. The fourth-order valence-corrected chi connectivity index (χ4v) is 2.39. The molecule has 1 aromatic heterocycles. The lowest BCUT2D eigenvalue weighted by atomic mass is 10.1. The first-order chi connectivity index (χ1) is 12.2. The van der Waals surface area contributed by atoms with E-state index < -0.39 is 4.92 Å².